The predicted molar refractivity (Wildman–Crippen MR) is 61.2 cm³/mol. The maximum atomic E-state index is 11.8. The molecular formula is C12H25NO. The molecule has 1 aliphatic heterocycles. The molecule has 0 atom stereocenters. The molecule has 0 aliphatic carbocycles. The summed E-state index contributed by atoms with van der Waals surface area (Å²) in [4.78, 5) is 13.8. The summed E-state index contributed by atoms with van der Waals surface area (Å²) in [6.07, 6.45) is 3.30. The third-order valence-electron chi connectivity index (χ3n) is 2.86. The molecule has 0 N–H and O–H groups in total. The Labute approximate surface area is 88.7 Å². The van der Waals surface area contributed by atoms with Crippen LogP contribution in [0.3, 0.4) is 0 Å². The number of hydrogen-bond acceptors (Lipinski definition) is 1. The summed E-state index contributed by atoms with van der Waals surface area (Å²) >= 11 is 0. The maximum absolute atomic E-state index is 11.8. The summed E-state index contributed by atoms with van der Waals surface area (Å²) in [7, 11) is 0. The zero-order chi connectivity index (χ0) is 11.2. The van der Waals surface area contributed by atoms with Crippen molar-refractivity contribution < 1.29 is 4.79 Å². The van der Waals surface area contributed by atoms with Crippen molar-refractivity contribution in [2.24, 2.45) is 5.41 Å². The van der Waals surface area contributed by atoms with E-state index in [0.717, 1.165) is 19.5 Å². The summed E-state index contributed by atoms with van der Waals surface area (Å²) in [6, 6.07) is 0. The van der Waals surface area contributed by atoms with E-state index < -0.39 is 0 Å². The molecule has 14 heavy (non-hydrogen) atoms. The largest absolute Gasteiger partial charge is 0.342 e. The van der Waals surface area contributed by atoms with Crippen molar-refractivity contribution >= 4 is 5.91 Å². The van der Waals surface area contributed by atoms with Crippen LogP contribution >= 0.6 is 0 Å². The highest BCUT2D eigenvalue weighted by Crippen LogP contribution is 2.24. The van der Waals surface area contributed by atoms with Crippen molar-refractivity contribution in [3.05, 3.63) is 0 Å². The molecule has 1 aliphatic rings. The van der Waals surface area contributed by atoms with Crippen LogP contribution in [0.15, 0.2) is 0 Å². The smallest absolute Gasteiger partial charge is 0.228 e. The number of hydrogen-bond donors (Lipinski definition) is 0. The normalized spacial score (nSPS) is 16.2. The minimum absolute atomic E-state index is 0.148. The highest BCUT2D eigenvalue weighted by Gasteiger charge is 2.31. The van der Waals surface area contributed by atoms with E-state index in [2.05, 4.69) is 6.92 Å². The first-order valence-corrected chi connectivity index (χ1v) is 5.87. The van der Waals surface area contributed by atoms with E-state index in [4.69, 9.17) is 0 Å². The third-order valence-corrected chi connectivity index (χ3v) is 2.86. The molecule has 1 heterocycles. The first kappa shape index (κ1) is 13.5. The molecule has 0 aromatic rings. The van der Waals surface area contributed by atoms with Gasteiger partial charge in [0.2, 0.25) is 5.91 Å². The summed E-state index contributed by atoms with van der Waals surface area (Å²) in [5.74, 6) is 0.336. The molecule has 1 amide bonds. The van der Waals surface area contributed by atoms with Crippen LogP contribution in [0.1, 0.15) is 53.9 Å². The molecular weight excluding hydrogens is 174 g/mol. The van der Waals surface area contributed by atoms with Gasteiger partial charge in [0.05, 0.1) is 0 Å². The van der Waals surface area contributed by atoms with Crippen LogP contribution in [-0.2, 0) is 4.79 Å². The van der Waals surface area contributed by atoms with Gasteiger partial charge >= 0.3 is 0 Å². The van der Waals surface area contributed by atoms with E-state index in [1.54, 1.807) is 0 Å². The van der Waals surface area contributed by atoms with Gasteiger partial charge in [-0.3, -0.25) is 4.79 Å². The Morgan fingerprint density at radius 3 is 2.00 bits per heavy atom. The summed E-state index contributed by atoms with van der Waals surface area (Å²) in [5, 5.41) is 0. The topological polar surface area (TPSA) is 20.3 Å². The van der Waals surface area contributed by atoms with E-state index in [0.29, 0.717) is 5.91 Å². The van der Waals surface area contributed by atoms with Gasteiger partial charge in [-0.05, 0) is 19.3 Å². The van der Waals surface area contributed by atoms with Gasteiger partial charge in [0.15, 0.2) is 0 Å². The molecule has 0 saturated carbocycles. The molecule has 0 aromatic carbocycles. The Morgan fingerprint density at radius 1 is 1.21 bits per heavy atom. The first-order valence-electron chi connectivity index (χ1n) is 5.87. The molecule has 0 radical (unpaired) electrons. The second kappa shape index (κ2) is 6.05. The monoisotopic (exact) mass is 199 g/mol. The van der Waals surface area contributed by atoms with Gasteiger partial charge in [0.25, 0.3) is 0 Å². The molecule has 2 nitrogen and oxygen atoms in total. The average Bonchev–Trinajstić information content (AvgIpc) is 2.72. The molecule has 2 heteroatoms. The highest BCUT2D eigenvalue weighted by molar-refractivity contribution is 5.82. The quantitative estimate of drug-likeness (QED) is 0.669. The molecule has 0 spiro atoms. The predicted octanol–water partition coefficient (Wildman–Crippen LogP) is 3.07. The number of carbonyl (C=O) groups excluding carboxylic acids is 1. The van der Waals surface area contributed by atoms with Crippen LogP contribution in [0.2, 0.25) is 0 Å². The number of carbonyl (C=O) groups is 1. The van der Waals surface area contributed by atoms with Crippen LogP contribution in [0.4, 0.5) is 0 Å². The molecule has 1 rings (SSSR count). The van der Waals surface area contributed by atoms with Gasteiger partial charge in [0.1, 0.15) is 0 Å². The number of amides is 1. The fourth-order valence-corrected chi connectivity index (χ4v) is 1.50. The van der Waals surface area contributed by atoms with E-state index >= 15 is 0 Å². The Hall–Kier alpha value is -0.530. The zero-order valence-electron chi connectivity index (χ0n) is 10.4. The van der Waals surface area contributed by atoms with Gasteiger partial charge in [-0.25, -0.2) is 0 Å². The van der Waals surface area contributed by atoms with Crippen LogP contribution < -0.4 is 0 Å². The van der Waals surface area contributed by atoms with Crippen LogP contribution in [0.25, 0.3) is 0 Å². The van der Waals surface area contributed by atoms with Gasteiger partial charge in [0, 0.05) is 18.5 Å². The molecule has 0 unspecified atom stereocenters. The fourth-order valence-electron chi connectivity index (χ4n) is 1.50. The Balaban J connectivity index is 0.000000791. The SMILES string of the molecule is CC.CCC(C)(C)C(=O)N1CCCC1. The lowest BCUT2D eigenvalue weighted by molar-refractivity contribution is -0.139. The van der Waals surface area contributed by atoms with Crippen molar-refractivity contribution in [2.75, 3.05) is 13.1 Å². The second-order valence-electron chi connectivity index (χ2n) is 4.24. The Morgan fingerprint density at radius 2 is 1.64 bits per heavy atom. The van der Waals surface area contributed by atoms with Crippen LogP contribution in [-0.4, -0.2) is 23.9 Å². The fraction of sp³-hybridized carbons (Fsp3) is 0.917. The Bertz CT molecular complexity index is 169. The van der Waals surface area contributed by atoms with Gasteiger partial charge in [-0.1, -0.05) is 34.6 Å². The highest BCUT2D eigenvalue weighted by atomic mass is 16.2. The molecule has 0 bridgehead atoms. The second-order valence-corrected chi connectivity index (χ2v) is 4.24. The summed E-state index contributed by atoms with van der Waals surface area (Å²) in [5.41, 5.74) is -0.148. The standard InChI is InChI=1S/C10H19NO.C2H6/c1-4-10(2,3)9(12)11-7-5-6-8-11;1-2/h4-8H2,1-3H3;1-2H3. The van der Waals surface area contributed by atoms with Gasteiger partial charge in [-0.2, -0.15) is 0 Å². The van der Waals surface area contributed by atoms with Crippen molar-refractivity contribution in [3.8, 4) is 0 Å². The van der Waals surface area contributed by atoms with E-state index in [-0.39, 0.29) is 5.41 Å². The molecule has 1 fully saturated rings. The first-order chi connectivity index (χ1) is 6.58. The molecule has 84 valence electrons. The summed E-state index contributed by atoms with van der Waals surface area (Å²) < 4.78 is 0. The minimum atomic E-state index is -0.148. The lowest BCUT2D eigenvalue weighted by Gasteiger charge is -2.27. The minimum Gasteiger partial charge on any atom is -0.342 e. The van der Waals surface area contributed by atoms with E-state index in [1.165, 1.54) is 12.8 Å². The van der Waals surface area contributed by atoms with Crippen molar-refractivity contribution in [1.82, 2.24) is 4.90 Å². The average molecular weight is 199 g/mol. The van der Waals surface area contributed by atoms with Gasteiger partial charge in [-0.15, -0.1) is 0 Å². The van der Waals surface area contributed by atoms with Crippen molar-refractivity contribution in [2.45, 2.75) is 53.9 Å². The van der Waals surface area contributed by atoms with Crippen molar-refractivity contribution in [1.29, 1.82) is 0 Å². The number of likely N-dealkylation sites (tertiary alicyclic amines) is 1. The lowest BCUT2D eigenvalue weighted by atomic mass is 9.89. The third kappa shape index (κ3) is 3.32. The van der Waals surface area contributed by atoms with Crippen LogP contribution in [0.5, 0.6) is 0 Å². The number of rotatable bonds is 2. The molecule has 0 aromatic heterocycles. The van der Waals surface area contributed by atoms with Crippen molar-refractivity contribution in [3.63, 3.8) is 0 Å². The maximum Gasteiger partial charge on any atom is 0.228 e. The number of nitrogens with zero attached hydrogens (tertiary/aromatic N) is 1. The van der Waals surface area contributed by atoms with Gasteiger partial charge < -0.3 is 4.90 Å². The van der Waals surface area contributed by atoms with Crippen LogP contribution in [0, 0.1) is 5.41 Å². The zero-order valence-corrected chi connectivity index (χ0v) is 10.4. The summed E-state index contributed by atoms with van der Waals surface area (Å²) in [6.45, 7) is 12.1. The Kier molecular flexibility index (Phi) is 5.82. The lowest BCUT2D eigenvalue weighted by Crippen LogP contribution is -2.38. The van der Waals surface area contributed by atoms with E-state index in [9.17, 15) is 4.79 Å². The van der Waals surface area contributed by atoms with E-state index in [1.807, 2.05) is 32.6 Å². The molecule has 1 saturated heterocycles.